The highest BCUT2D eigenvalue weighted by atomic mass is 16.5. The lowest BCUT2D eigenvalue weighted by Crippen LogP contribution is -2.31. The van der Waals surface area contributed by atoms with Crippen molar-refractivity contribution in [3.8, 4) is 0 Å². The number of aromatic nitrogens is 1. The molecule has 6 nitrogen and oxygen atoms in total. The molecule has 1 aromatic heterocycles. The molecule has 0 amide bonds. The Morgan fingerprint density at radius 2 is 2.29 bits per heavy atom. The fourth-order valence-electron chi connectivity index (χ4n) is 1.40. The Balaban J connectivity index is 2.63. The zero-order valence-electron chi connectivity index (χ0n) is 9.83. The first-order valence-electron chi connectivity index (χ1n) is 5.12. The molecule has 1 atom stereocenters. The molecule has 6 heteroatoms. The second-order valence-electron chi connectivity index (χ2n) is 3.70. The van der Waals surface area contributed by atoms with Crippen molar-refractivity contribution in [3.05, 3.63) is 24.0 Å². The van der Waals surface area contributed by atoms with Crippen molar-refractivity contribution in [2.24, 2.45) is 0 Å². The summed E-state index contributed by atoms with van der Waals surface area (Å²) in [5.74, 6) is -1.06. The first-order chi connectivity index (χ1) is 8.04. The van der Waals surface area contributed by atoms with E-state index in [0.29, 0.717) is 6.54 Å². The molecule has 0 aliphatic rings. The van der Waals surface area contributed by atoms with E-state index in [1.54, 1.807) is 18.0 Å². The van der Waals surface area contributed by atoms with Crippen LogP contribution in [-0.2, 0) is 4.74 Å². The summed E-state index contributed by atoms with van der Waals surface area (Å²) in [5.41, 5.74) is 0.741. The first kappa shape index (κ1) is 13.4. The Bertz CT molecular complexity index is 366. The quantitative estimate of drug-likeness (QED) is 0.740. The normalized spacial score (nSPS) is 12.2. The minimum Gasteiger partial charge on any atom is -0.477 e. The molecule has 1 unspecified atom stereocenters. The number of ether oxygens (including phenoxy) is 1. The molecule has 0 saturated heterocycles. The molecule has 0 fully saturated rings. The molecule has 1 rings (SSSR count). The summed E-state index contributed by atoms with van der Waals surface area (Å²) in [6, 6.07) is 3.08. The number of aliphatic hydroxyl groups is 1. The van der Waals surface area contributed by atoms with E-state index >= 15 is 0 Å². The van der Waals surface area contributed by atoms with E-state index < -0.39 is 12.1 Å². The van der Waals surface area contributed by atoms with Gasteiger partial charge in [-0.15, -0.1) is 0 Å². The third kappa shape index (κ3) is 4.01. The number of hydrogen-bond acceptors (Lipinski definition) is 5. The van der Waals surface area contributed by atoms with Crippen LogP contribution in [0.4, 0.5) is 5.69 Å². The van der Waals surface area contributed by atoms with Gasteiger partial charge in [0.1, 0.15) is 5.69 Å². The average molecular weight is 240 g/mol. The van der Waals surface area contributed by atoms with Gasteiger partial charge in [-0.1, -0.05) is 0 Å². The predicted octanol–water partition coefficient (Wildman–Crippen LogP) is 0.223. The number of anilines is 1. The van der Waals surface area contributed by atoms with Crippen molar-refractivity contribution in [2.75, 3.05) is 32.2 Å². The van der Waals surface area contributed by atoms with Crippen molar-refractivity contribution in [1.82, 2.24) is 4.98 Å². The third-order valence-electron chi connectivity index (χ3n) is 2.25. The Kier molecular flexibility index (Phi) is 4.86. The molecule has 1 heterocycles. The highest BCUT2D eigenvalue weighted by Gasteiger charge is 2.10. The summed E-state index contributed by atoms with van der Waals surface area (Å²) < 4.78 is 4.82. The van der Waals surface area contributed by atoms with E-state index in [0.717, 1.165) is 5.69 Å². The van der Waals surface area contributed by atoms with Crippen LogP contribution in [0.15, 0.2) is 18.3 Å². The smallest absolute Gasteiger partial charge is 0.354 e. The summed E-state index contributed by atoms with van der Waals surface area (Å²) in [4.78, 5) is 16.2. The molecule has 0 aliphatic carbocycles. The molecule has 0 aromatic carbocycles. The van der Waals surface area contributed by atoms with Crippen molar-refractivity contribution in [2.45, 2.75) is 6.10 Å². The fraction of sp³-hybridized carbons (Fsp3) is 0.455. The number of rotatable bonds is 6. The number of methoxy groups -OCH3 is 1. The number of likely N-dealkylation sites (N-methyl/N-ethyl adjacent to an activating group) is 1. The standard InChI is InChI=1S/C11H16N2O4/c1-13(6-9(14)7-17-2)8-3-4-10(11(15)16)12-5-8/h3-5,9,14H,6-7H2,1-2H3,(H,15,16). The van der Waals surface area contributed by atoms with Gasteiger partial charge >= 0.3 is 5.97 Å². The van der Waals surface area contributed by atoms with Gasteiger partial charge in [0.05, 0.1) is 24.6 Å². The van der Waals surface area contributed by atoms with Crippen LogP contribution >= 0.6 is 0 Å². The van der Waals surface area contributed by atoms with Crippen LogP contribution in [0.5, 0.6) is 0 Å². The number of carbonyl (C=O) groups is 1. The second kappa shape index (κ2) is 6.17. The van der Waals surface area contributed by atoms with Gasteiger partial charge in [0.25, 0.3) is 0 Å². The van der Waals surface area contributed by atoms with E-state index in [1.165, 1.54) is 19.4 Å². The largest absolute Gasteiger partial charge is 0.477 e. The lowest BCUT2D eigenvalue weighted by atomic mass is 10.3. The molecule has 17 heavy (non-hydrogen) atoms. The molecule has 94 valence electrons. The summed E-state index contributed by atoms with van der Waals surface area (Å²) >= 11 is 0. The number of carboxylic acid groups (broad SMARTS) is 1. The third-order valence-corrected chi connectivity index (χ3v) is 2.25. The van der Waals surface area contributed by atoms with Crippen LogP contribution in [-0.4, -0.2) is 54.6 Å². The summed E-state index contributed by atoms with van der Waals surface area (Å²) in [6.45, 7) is 0.646. The van der Waals surface area contributed by atoms with Crippen LogP contribution in [0.1, 0.15) is 10.5 Å². The van der Waals surface area contributed by atoms with E-state index in [1.807, 2.05) is 0 Å². The average Bonchev–Trinajstić information content (AvgIpc) is 2.29. The second-order valence-corrected chi connectivity index (χ2v) is 3.70. The van der Waals surface area contributed by atoms with Crippen molar-refractivity contribution in [3.63, 3.8) is 0 Å². The minimum atomic E-state index is -1.06. The van der Waals surface area contributed by atoms with Crippen molar-refractivity contribution in [1.29, 1.82) is 0 Å². The van der Waals surface area contributed by atoms with Gasteiger partial charge in [-0.05, 0) is 12.1 Å². The Hall–Kier alpha value is -1.66. The summed E-state index contributed by atoms with van der Waals surface area (Å²) in [6.07, 6.45) is 0.868. The monoisotopic (exact) mass is 240 g/mol. The van der Waals surface area contributed by atoms with E-state index in [2.05, 4.69) is 4.98 Å². The van der Waals surface area contributed by atoms with Crippen molar-refractivity contribution < 1.29 is 19.7 Å². The van der Waals surface area contributed by atoms with Gasteiger partial charge < -0.3 is 19.8 Å². The Morgan fingerprint density at radius 3 is 2.76 bits per heavy atom. The molecule has 0 saturated carbocycles. The summed E-state index contributed by atoms with van der Waals surface area (Å²) in [5, 5.41) is 18.2. The molecule has 2 N–H and O–H groups in total. The van der Waals surface area contributed by atoms with Crippen LogP contribution in [0.3, 0.4) is 0 Å². The zero-order valence-corrected chi connectivity index (χ0v) is 9.83. The maximum Gasteiger partial charge on any atom is 0.354 e. The lowest BCUT2D eigenvalue weighted by molar-refractivity contribution is 0.0687. The Morgan fingerprint density at radius 1 is 1.59 bits per heavy atom. The van der Waals surface area contributed by atoms with Gasteiger partial charge in [-0.2, -0.15) is 0 Å². The van der Waals surface area contributed by atoms with Crippen molar-refractivity contribution >= 4 is 11.7 Å². The fourth-order valence-corrected chi connectivity index (χ4v) is 1.40. The Labute approximate surface area is 99.5 Å². The van der Waals surface area contributed by atoms with Crippen LogP contribution in [0.2, 0.25) is 0 Å². The molecule has 0 aliphatic heterocycles. The highest BCUT2D eigenvalue weighted by Crippen LogP contribution is 2.11. The number of hydrogen-bond donors (Lipinski definition) is 2. The topological polar surface area (TPSA) is 82.9 Å². The number of aromatic carboxylic acids is 1. The zero-order chi connectivity index (χ0) is 12.8. The van der Waals surface area contributed by atoms with E-state index in [4.69, 9.17) is 9.84 Å². The van der Waals surface area contributed by atoms with Gasteiger partial charge in [-0.3, -0.25) is 0 Å². The van der Waals surface area contributed by atoms with Gasteiger partial charge in [0, 0.05) is 20.7 Å². The number of pyridine rings is 1. The minimum absolute atomic E-state index is 0.000380. The summed E-state index contributed by atoms with van der Waals surface area (Å²) in [7, 11) is 3.31. The highest BCUT2D eigenvalue weighted by molar-refractivity contribution is 5.85. The SMILES string of the molecule is COCC(O)CN(C)c1ccc(C(=O)O)nc1. The molecular formula is C11H16N2O4. The maximum atomic E-state index is 10.6. The number of carboxylic acids is 1. The molecule has 0 spiro atoms. The molecule has 1 aromatic rings. The van der Waals surface area contributed by atoms with E-state index in [-0.39, 0.29) is 12.3 Å². The van der Waals surface area contributed by atoms with Crippen LogP contribution in [0.25, 0.3) is 0 Å². The van der Waals surface area contributed by atoms with Gasteiger partial charge in [0.15, 0.2) is 0 Å². The van der Waals surface area contributed by atoms with Gasteiger partial charge in [-0.25, -0.2) is 9.78 Å². The maximum absolute atomic E-state index is 10.6. The lowest BCUT2D eigenvalue weighted by Gasteiger charge is -2.21. The van der Waals surface area contributed by atoms with Crippen LogP contribution < -0.4 is 4.90 Å². The predicted molar refractivity (Wildman–Crippen MR) is 62.3 cm³/mol. The van der Waals surface area contributed by atoms with Gasteiger partial charge in [0.2, 0.25) is 0 Å². The number of nitrogens with zero attached hydrogens (tertiary/aromatic N) is 2. The molecule has 0 radical (unpaired) electrons. The first-order valence-corrected chi connectivity index (χ1v) is 5.12. The molecular weight excluding hydrogens is 224 g/mol. The molecule has 0 bridgehead atoms. The van der Waals surface area contributed by atoms with Crippen LogP contribution in [0, 0.1) is 0 Å². The number of aliphatic hydroxyl groups excluding tert-OH is 1. The van der Waals surface area contributed by atoms with E-state index in [9.17, 15) is 9.90 Å².